The molecule has 14 nitrogen and oxygen atoms in total. The molecule has 5 heterocycles. The molecular weight excluding hydrogens is 585 g/mol. The minimum atomic E-state index is -1.26. The summed E-state index contributed by atoms with van der Waals surface area (Å²) in [6.07, 6.45) is 9.31. The van der Waals surface area contributed by atoms with Gasteiger partial charge in [-0.1, -0.05) is 16.9 Å². The van der Waals surface area contributed by atoms with Crippen molar-refractivity contribution in [2.45, 2.75) is 11.4 Å². The lowest BCUT2D eigenvalue weighted by molar-refractivity contribution is -0.150. The molecule has 18 heteroatoms. The first kappa shape index (κ1) is 27.5. The van der Waals surface area contributed by atoms with Gasteiger partial charge in [-0.25, -0.2) is 14.2 Å². The van der Waals surface area contributed by atoms with E-state index in [0.717, 1.165) is 27.3 Å². The molecule has 2 amide bonds. The number of nitrogens with zero attached hydrogens (tertiary/aromatic N) is 6. The largest absolute Gasteiger partial charge is 0.477 e. The highest BCUT2D eigenvalue weighted by atomic mass is 32.2. The van der Waals surface area contributed by atoms with E-state index in [0.29, 0.717) is 11.3 Å². The summed E-state index contributed by atoms with van der Waals surface area (Å²) in [5, 5.41) is 19.9. The van der Waals surface area contributed by atoms with Gasteiger partial charge in [0.25, 0.3) is 11.8 Å². The number of carbonyl (C=O) groups is 3. The first-order valence-corrected chi connectivity index (χ1v) is 14.3. The maximum atomic E-state index is 13.0. The van der Waals surface area contributed by atoms with Crippen molar-refractivity contribution in [2.75, 3.05) is 31.8 Å². The number of hydrogen-bond donors (Lipinski definition) is 4. The van der Waals surface area contributed by atoms with Crippen LogP contribution in [0.2, 0.25) is 0 Å². The Morgan fingerprint density at radius 3 is 2.98 bits per heavy atom. The zero-order valence-electron chi connectivity index (χ0n) is 20.7. The predicted octanol–water partition coefficient (Wildman–Crippen LogP) is 0.716. The van der Waals surface area contributed by atoms with Crippen LogP contribution in [0.5, 0.6) is 0 Å². The number of carbonyl (C=O) groups excluding carboxylic acids is 2. The van der Waals surface area contributed by atoms with Crippen molar-refractivity contribution in [2.24, 2.45) is 5.16 Å². The lowest BCUT2D eigenvalue weighted by atomic mass is 10.0. The number of amides is 2. The van der Waals surface area contributed by atoms with Crippen LogP contribution in [0.15, 0.2) is 63.3 Å². The zero-order valence-corrected chi connectivity index (χ0v) is 23.1. The van der Waals surface area contributed by atoms with Crippen LogP contribution in [0.4, 0.5) is 9.52 Å². The number of nitrogens with one attached hydrogen (secondary N) is 2. The molecule has 4 aliphatic rings. The molecule has 0 bridgehead atoms. The lowest BCUT2D eigenvalue weighted by Gasteiger charge is -2.49. The Labute approximate surface area is 239 Å². The fraction of sp³-hybridized carbons (Fsp3) is 0.273. The van der Waals surface area contributed by atoms with Crippen molar-refractivity contribution in [3.63, 3.8) is 0 Å². The number of hydrazine groups is 1. The normalized spacial score (nSPS) is 22.0. The molecule has 1 aromatic rings. The van der Waals surface area contributed by atoms with Crippen LogP contribution in [-0.2, 0) is 19.2 Å². The Hall–Kier alpha value is -4.03. The van der Waals surface area contributed by atoms with Crippen LogP contribution in [0, 0.1) is 0 Å². The number of hydrogen-bond acceptors (Lipinski definition) is 14. The fourth-order valence-electron chi connectivity index (χ4n) is 3.98. The molecule has 1 saturated heterocycles. The van der Waals surface area contributed by atoms with Crippen LogP contribution in [0.25, 0.3) is 0 Å². The summed E-state index contributed by atoms with van der Waals surface area (Å²) < 4.78 is 16.4. The van der Waals surface area contributed by atoms with E-state index in [9.17, 15) is 23.9 Å². The molecule has 0 aromatic carbocycles. The smallest absolute Gasteiger partial charge is 0.352 e. The van der Waals surface area contributed by atoms with E-state index in [2.05, 4.69) is 25.3 Å². The van der Waals surface area contributed by atoms with E-state index in [1.807, 2.05) is 41.5 Å². The van der Waals surface area contributed by atoms with E-state index in [4.69, 9.17) is 10.6 Å². The highest BCUT2D eigenvalue weighted by Crippen LogP contribution is 2.41. The van der Waals surface area contributed by atoms with Gasteiger partial charge in [0.1, 0.15) is 36.2 Å². The Bertz CT molecular complexity index is 1420. The topological polar surface area (TPSA) is 179 Å². The van der Waals surface area contributed by atoms with Gasteiger partial charge in [-0.3, -0.25) is 19.9 Å². The molecule has 0 saturated carbocycles. The van der Waals surface area contributed by atoms with Gasteiger partial charge in [0, 0.05) is 36.7 Å². The van der Waals surface area contributed by atoms with Gasteiger partial charge in [0.05, 0.1) is 5.03 Å². The van der Waals surface area contributed by atoms with E-state index in [-0.39, 0.29) is 22.4 Å². The number of oxime groups is 1. The number of alkyl halides is 1. The summed E-state index contributed by atoms with van der Waals surface area (Å²) in [4.78, 5) is 49.9. The molecule has 4 aliphatic heterocycles. The quantitative estimate of drug-likeness (QED) is 0.127. The minimum absolute atomic E-state index is 0.0713. The summed E-state index contributed by atoms with van der Waals surface area (Å²) in [5.41, 5.74) is 8.74. The third-order valence-corrected chi connectivity index (χ3v) is 8.40. The summed E-state index contributed by atoms with van der Waals surface area (Å²) in [6.45, 7) is -1.23. The average Bonchev–Trinajstić information content (AvgIpc) is 3.53. The number of rotatable bonds is 10. The minimum Gasteiger partial charge on any atom is -0.477 e. The van der Waals surface area contributed by atoms with Crippen LogP contribution in [0.1, 0.15) is 5.82 Å². The van der Waals surface area contributed by atoms with Gasteiger partial charge >= 0.3 is 5.97 Å². The molecule has 0 spiro atoms. The molecule has 40 heavy (non-hydrogen) atoms. The first-order chi connectivity index (χ1) is 19.3. The van der Waals surface area contributed by atoms with E-state index in [1.54, 1.807) is 11.5 Å². The van der Waals surface area contributed by atoms with Crippen LogP contribution >= 0.6 is 35.1 Å². The number of nitrogens with two attached hydrogens (primary N) is 1. The number of halogens is 1. The highest BCUT2D eigenvalue weighted by Gasteiger charge is 2.54. The highest BCUT2D eigenvalue weighted by molar-refractivity contribution is 8.05. The van der Waals surface area contributed by atoms with Crippen LogP contribution in [0.3, 0.4) is 0 Å². The van der Waals surface area contributed by atoms with E-state index in [1.165, 1.54) is 23.5 Å². The number of aromatic nitrogens is 2. The SMILES string of the molecule is CN1C=CN2NC(S/C=C/C3=C(C(=O)O)N4C(=O)[C@@H](NC(=O)/C(=N\OCCF)c5nsc(N)n5)[C@@H]4SC3)=CC=C12. The van der Waals surface area contributed by atoms with Crippen LogP contribution < -0.4 is 16.5 Å². The van der Waals surface area contributed by atoms with E-state index < -0.39 is 42.5 Å². The molecule has 5 rings (SSSR count). The van der Waals surface area contributed by atoms with Crippen molar-refractivity contribution in [3.8, 4) is 0 Å². The third kappa shape index (κ3) is 5.36. The molecular formula is C22H22FN9O5S3. The van der Waals surface area contributed by atoms with Crippen LogP contribution in [-0.4, -0.2) is 90.3 Å². The van der Waals surface area contributed by atoms with Gasteiger partial charge in [-0.2, -0.15) is 9.36 Å². The van der Waals surface area contributed by atoms with Crippen molar-refractivity contribution in [1.82, 2.24) is 34.9 Å². The number of anilines is 1. The molecule has 210 valence electrons. The molecule has 2 atom stereocenters. The van der Waals surface area contributed by atoms with Gasteiger partial charge in [-0.15, -0.1) is 11.8 Å². The van der Waals surface area contributed by atoms with Gasteiger partial charge < -0.3 is 25.9 Å². The standard InChI is InChI=1S/C22H22FN9O5S3/c1-30-6-7-31-13(30)3-2-12(27-31)38-9-4-11-10-39-20-15(19(34)32(20)16(11)21(35)36)25-18(33)14(28-37-8-5-23)17-26-22(24)40-29-17/h2-4,6-7,9,15,20,27H,5,8,10H2,1H3,(H,25,33)(H,35,36)(H2,24,26,29)/b9-4+,28-14-/t15-,20+/m1/s1. The molecule has 0 radical (unpaired) electrons. The van der Waals surface area contributed by atoms with Gasteiger partial charge in [-0.05, 0) is 29.2 Å². The maximum Gasteiger partial charge on any atom is 0.352 e. The van der Waals surface area contributed by atoms with Crippen molar-refractivity contribution < 1.29 is 28.7 Å². The molecule has 0 unspecified atom stereocenters. The van der Waals surface area contributed by atoms with Gasteiger partial charge in [0.15, 0.2) is 5.13 Å². The molecule has 1 fully saturated rings. The number of aliphatic carboxylic acids is 1. The Morgan fingerprint density at radius 1 is 1.43 bits per heavy atom. The Morgan fingerprint density at radius 2 is 2.25 bits per heavy atom. The number of allylic oxidation sites excluding steroid dienone is 3. The Kier molecular flexibility index (Phi) is 7.99. The number of β-lactam (4-membered cyclic amide) rings is 1. The predicted molar refractivity (Wildman–Crippen MR) is 147 cm³/mol. The average molecular weight is 608 g/mol. The molecule has 0 aliphatic carbocycles. The maximum absolute atomic E-state index is 13.0. The summed E-state index contributed by atoms with van der Waals surface area (Å²) in [6, 6.07) is -1.03. The number of fused-ring (bicyclic) bond motifs is 2. The third-order valence-electron chi connectivity index (χ3n) is 5.81. The van der Waals surface area contributed by atoms with Crippen molar-refractivity contribution >= 4 is 63.7 Å². The molecule has 5 N–H and O–H groups in total. The second-order valence-electron chi connectivity index (χ2n) is 8.33. The van der Waals surface area contributed by atoms with Crippen molar-refractivity contribution in [1.29, 1.82) is 0 Å². The number of carboxylic acids is 1. The summed E-state index contributed by atoms with van der Waals surface area (Å²) in [5.74, 6) is -1.59. The second kappa shape index (κ2) is 11.6. The summed E-state index contributed by atoms with van der Waals surface area (Å²) >= 11 is 3.49. The van der Waals surface area contributed by atoms with Crippen molar-refractivity contribution in [3.05, 3.63) is 64.0 Å². The fourth-order valence-corrected chi connectivity index (χ4v) is 6.41. The number of carboxylic acid groups (broad SMARTS) is 1. The first-order valence-electron chi connectivity index (χ1n) is 11.6. The molecule has 1 aromatic heterocycles. The Balaban J connectivity index is 1.27. The van der Waals surface area contributed by atoms with Gasteiger partial charge in [0.2, 0.25) is 11.5 Å². The monoisotopic (exact) mass is 607 g/mol. The zero-order chi connectivity index (χ0) is 28.4. The van der Waals surface area contributed by atoms with E-state index >= 15 is 0 Å². The number of nitrogen functional groups attached to an aromatic ring is 1. The number of thioether (sulfide) groups is 2. The summed E-state index contributed by atoms with van der Waals surface area (Å²) in [7, 11) is 1.93. The lowest BCUT2D eigenvalue weighted by Crippen LogP contribution is -2.71. The second-order valence-corrected chi connectivity index (χ2v) is 11.2.